The van der Waals surface area contributed by atoms with Crippen LogP contribution in [-0.4, -0.2) is 90.5 Å². The number of pyridine rings is 1. The molecule has 1 spiro atoms. The maximum absolute atomic E-state index is 13.1. The fourth-order valence-corrected chi connectivity index (χ4v) is 8.86. The lowest BCUT2D eigenvalue weighted by molar-refractivity contribution is 0.127. The number of carbonyl (C=O) groups is 1. The van der Waals surface area contributed by atoms with Gasteiger partial charge in [-0.15, -0.1) is 0 Å². The molecule has 0 bridgehead atoms. The lowest BCUT2D eigenvalue weighted by Crippen LogP contribution is -2.61. The van der Waals surface area contributed by atoms with Crippen molar-refractivity contribution in [2.75, 3.05) is 45.2 Å². The first-order valence-electron chi connectivity index (χ1n) is 18.8. The van der Waals surface area contributed by atoms with E-state index >= 15 is 0 Å². The number of aryl methyl sites for hydroxylation is 2. The number of hydrogen-bond donors (Lipinski definition) is 3. The Labute approximate surface area is 334 Å². The lowest BCUT2D eigenvalue weighted by Gasteiger charge is -2.40. The van der Waals surface area contributed by atoms with Gasteiger partial charge < -0.3 is 25.4 Å². The Morgan fingerprint density at radius 3 is 2.43 bits per heavy atom. The molecule has 8 rings (SSSR count). The van der Waals surface area contributed by atoms with E-state index in [1.807, 2.05) is 44.2 Å². The number of ether oxygens (including phenoxy) is 1. The zero-order valence-electron chi connectivity index (χ0n) is 32.0. The summed E-state index contributed by atoms with van der Waals surface area (Å²) in [5.41, 5.74) is 4.32. The van der Waals surface area contributed by atoms with Gasteiger partial charge in [0.15, 0.2) is 5.65 Å². The number of rotatable bonds is 8. The highest BCUT2D eigenvalue weighted by Crippen LogP contribution is 2.47. The Kier molecular flexibility index (Phi) is 11.1. The van der Waals surface area contributed by atoms with E-state index in [1.165, 1.54) is 17.9 Å². The fourth-order valence-electron chi connectivity index (χ4n) is 8.26. The third-order valence-corrected chi connectivity index (χ3v) is 11.9. The Morgan fingerprint density at radius 2 is 1.70 bits per heavy atom. The number of urea groups is 1. The summed E-state index contributed by atoms with van der Waals surface area (Å²) in [5.74, 6) is 0.763. The molecule has 0 radical (unpaired) electrons. The minimum Gasteiger partial charge on any atom is -0.481 e. The topological polar surface area (TPSA) is 160 Å². The largest absolute Gasteiger partial charge is 0.481 e. The van der Waals surface area contributed by atoms with E-state index in [1.54, 1.807) is 25.1 Å². The quantitative estimate of drug-likeness (QED) is 0.178. The van der Waals surface area contributed by atoms with E-state index in [4.69, 9.17) is 32.9 Å². The number of anilines is 2. The minimum absolute atomic E-state index is 0.0490. The van der Waals surface area contributed by atoms with Crippen LogP contribution in [0.5, 0.6) is 5.88 Å². The van der Waals surface area contributed by atoms with Gasteiger partial charge in [0.05, 0.1) is 40.7 Å². The number of aliphatic hydroxyl groups excluding tert-OH is 1. The monoisotopic (exact) mass is 801 g/mol. The van der Waals surface area contributed by atoms with Gasteiger partial charge in [-0.25, -0.2) is 24.5 Å². The number of likely N-dealkylation sites (tertiary alicyclic amines) is 1. The zero-order chi connectivity index (χ0) is 39.9. The average molecular weight is 803 g/mol. The molecule has 5 heterocycles. The van der Waals surface area contributed by atoms with Crippen molar-refractivity contribution in [3.8, 4) is 28.3 Å². The first-order chi connectivity index (χ1) is 27.0. The molecular formula is C40H45Cl2N9O5. The van der Waals surface area contributed by atoms with Crippen molar-refractivity contribution in [1.29, 1.82) is 0 Å². The zero-order valence-corrected chi connectivity index (χ0v) is 33.5. The molecule has 2 unspecified atom stereocenters. The highest BCUT2D eigenvalue weighted by atomic mass is 35.5. The molecular weight excluding hydrogens is 757 g/mol. The highest BCUT2D eigenvalue weighted by Gasteiger charge is 2.46. The molecule has 16 heteroatoms. The number of β-amino-alcohol motifs (C(OH)–C–C–N with tert-alkyl or cyclic N) is 1. The minimum atomic E-state index is -0.531. The average Bonchev–Trinajstić information content (AvgIpc) is 3.83. The summed E-state index contributed by atoms with van der Waals surface area (Å²) >= 11 is 14.2. The maximum atomic E-state index is 13.1. The van der Waals surface area contributed by atoms with Crippen LogP contribution in [0.3, 0.4) is 0 Å². The molecule has 3 aliphatic rings. The number of hydrogen-bond acceptors (Lipinski definition) is 10. The van der Waals surface area contributed by atoms with Crippen molar-refractivity contribution in [3.63, 3.8) is 0 Å². The van der Waals surface area contributed by atoms with Gasteiger partial charge in [-0.3, -0.25) is 18.8 Å². The van der Waals surface area contributed by atoms with Crippen LogP contribution in [0.25, 0.3) is 33.4 Å². The van der Waals surface area contributed by atoms with E-state index in [9.17, 15) is 19.5 Å². The predicted molar refractivity (Wildman–Crippen MR) is 218 cm³/mol. The van der Waals surface area contributed by atoms with Gasteiger partial charge in [-0.05, 0) is 43.4 Å². The summed E-state index contributed by atoms with van der Waals surface area (Å²) in [6.07, 6.45) is 4.73. The molecule has 1 aliphatic carbocycles. The smallest absolute Gasteiger partial charge is 0.332 e. The molecule has 3 aromatic heterocycles. The van der Waals surface area contributed by atoms with Crippen molar-refractivity contribution in [3.05, 3.63) is 90.8 Å². The summed E-state index contributed by atoms with van der Waals surface area (Å²) in [6, 6.07) is 13.3. The van der Waals surface area contributed by atoms with Gasteiger partial charge in [0.25, 0.3) is 5.56 Å². The van der Waals surface area contributed by atoms with Crippen molar-refractivity contribution in [2.45, 2.75) is 51.1 Å². The van der Waals surface area contributed by atoms with Crippen LogP contribution in [0.4, 0.5) is 16.3 Å². The van der Waals surface area contributed by atoms with Crippen LogP contribution in [0.1, 0.15) is 50.3 Å². The van der Waals surface area contributed by atoms with Crippen LogP contribution in [0.2, 0.25) is 10.0 Å². The summed E-state index contributed by atoms with van der Waals surface area (Å²) in [6.45, 7) is 6.51. The van der Waals surface area contributed by atoms with Gasteiger partial charge in [-0.2, -0.15) is 0 Å². The highest BCUT2D eigenvalue weighted by molar-refractivity contribution is 6.39. The molecule has 0 saturated carbocycles. The number of halogens is 2. The number of aromatic nitrogens is 5. The number of methoxy groups -OCH3 is 1. The molecule has 2 amide bonds. The maximum Gasteiger partial charge on any atom is 0.332 e. The second-order valence-electron chi connectivity index (χ2n) is 14.1. The Morgan fingerprint density at radius 1 is 0.982 bits per heavy atom. The second-order valence-corrected chi connectivity index (χ2v) is 14.9. The SMILES string of the molecule is CC.COc1nc(-c2cccc(-c3cccc(Nc4ncnc5c4c(=O)n(C)c(=O)n5C)c3Cl)c2Cl)cc2c1C(N1CCC3(CCN(CCO)C(=O)N3)C1)CC2. The Balaban J connectivity index is 0.00000237. The van der Waals surface area contributed by atoms with Gasteiger partial charge in [-0.1, -0.05) is 67.4 Å². The standard InChI is InChI=1S/C38H39Cl2N9O5.C2H6/c1-46-33-29(35(51)47(2)37(46)53)32(41-20-42-33)43-25-9-5-7-23(31(25)40)22-6-4-8-24(30(22)39)26-18-21-10-11-27(28(21)34(44-26)54-3)49-15-13-38(19-49)12-14-48(16-17-50)36(52)45-38;1-2/h4-9,18,20,27,50H,10-17,19H2,1-3H3,(H,45,52)(H,41,42,43);1-2H3. The molecule has 3 N–H and O–H groups in total. The summed E-state index contributed by atoms with van der Waals surface area (Å²) < 4.78 is 8.25. The molecule has 2 aromatic carbocycles. The van der Waals surface area contributed by atoms with Crippen LogP contribution >= 0.6 is 23.2 Å². The van der Waals surface area contributed by atoms with Crippen LogP contribution in [-0.2, 0) is 20.5 Å². The molecule has 2 saturated heterocycles. The Hall–Kier alpha value is -5.02. The first-order valence-corrected chi connectivity index (χ1v) is 19.5. The predicted octanol–water partition coefficient (Wildman–Crippen LogP) is 5.68. The first kappa shape index (κ1) is 39.2. The molecule has 14 nitrogen and oxygen atoms in total. The van der Waals surface area contributed by atoms with Gasteiger partial charge >= 0.3 is 11.7 Å². The number of benzene rings is 2. The molecule has 2 aliphatic heterocycles. The number of carbonyl (C=O) groups excluding carboxylic acids is 1. The van der Waals surface area contributed by atoms with Gasteiger partial charge in [0.1, 0.15) is 17.5 Å². The molecule has 56 heavy (non-hydrogen) atoms. The summed E-state index contributed by atoms with van der Waals surface area (Å²) in [7, 11) is 4.59. The summed E-state index contributed by atoms with van der Waals surface area (Å²) in [4.78, 5) is 56.1. The van der Waals surface area contributed by atoms with Crippen LogP contribution in [0, 0.1) is 0 Å². The normalized spacial score (nSPS) is 19.2. The van der Waals surface area contributed by atoms with E-state index in [0.29, 0.717) is 51.5 Å². The number of amides is 2. The molecule has 5 aromatic rings. The fraction of sp³-hybridized carbons (Fsp3) is 0.400. The van der Waals surface area contributed by atoms with Crippen LogP contribution < -0.4 is 26.6 Å². The van der Waals surface area contributed by atoms with Gasteiger partial charge in [0.2, 0.25) is 5.88 Å². The third-order valence-electron chi connectivity index (χ3n) is 11.1. The van der Waals surface area contributed by atoms with Crippen molar-refractivity contribution >= 4 is 51.8 Å². The molecule has 2 fully saturated rings. The number of nitrogens with one attached hydrogen (secondary N) is 2. The van der Waals surface area contributed by atoms with E-state index < -0.39 is 11.2 Å². The van der Waals surface area contributed by atoms with E-state index in [0.717, 1.165) is 60.0 Å². The van der Waals surface area contributed by atoms with Crippen molar-refractivity contribution < 1.29 is 14.6 Å². The van der Waals surface area contributed by atoms with E-state index in [-0.39, 0.29) is 41.1 Å². The number of fused-ring (bicyclic) bond motifs is 2. The van der Waals surface area contributed by atoms with E-state index in [2.05, 4.69) is 31.6 Å². The van der Waals surface area contributed by atoms with Crippen molar-refractivity contribution in [1.82, 2.24) is 39.2 Å². The van der Waals surface area contributed by atoms with Crippen LogP contribution in [0.15, 0.2) is 58.4 Å². The second kappa shape index (κ2) is 15.8. The number of nitrogens with zero attached hydrogens (tertiary/aromatic N) is 7. The molecule has 294 valence electrons. The third kappa shape index (κ3) is 6.78. The van der Waals surface area contributed by atoms with Crippen molar-refractivity contribution in [2.24, 2.45) is 14.1 Å². The van der Waals surface area contributed by atoms with Gasteiger partial charge in [0, 0.05) is 68.6 Å². The summed E-state index contributed by atoms with van der Waals surface area (Å²) in [5, 5.41) is 16.7. The number of aliphatic hydroxyl groups is 1. The Bertz CT molecular complexity index is 2450. The molecule has 2 atom stereocenters. The lowest BCUT2D eigenvalue weighted by atomic mass is 9.92.